The molecule has 1 heterocycles. The van der Waals surface area contributed by atoms with Crippen molar-refractivity contribution in [1.82, 2.24) is 4.90 Å². The molecule has 2 bridgehead atoms. The van der Waals surface area contributed by atoms with E-state index in [9.17, 15) is 4.79 Å². The Labute approximate surface area is 143 Å². The minimum atomic E-state index is 0.120. The summed E-state index contributed by atoms with van der Waals surface area (Å²) in [5.74, 6) is 3.39. The number of carbonyl (C=O) groups is 1. The maximum absolute atomic E-state index is 12.9. The number of rotatable bonds is 4. The third kappa shape index (κ3) is 3.03. The molecule has 0 aromatic heterocycles. The van der Waals surface area contributed by atoms with Gasteiger partial charge < -0.3 is 10.6 Å². The molecule has 0 spiro atoms. The molecule has 5 unspecified atom stereocenters. The summed E-state index contributed by atoms with van der Waals surface area (Å²) in [6, 6.07) is 10.7. The second kappa shape index (κ2) is 6.48. The van der Waals surface area contributed by atoms with Crippen LogP contribution in [0.2, 0.25) is 0 Å². The molecular weight excluding hydrogens is 304 g/mol. The van der Waals surface area contributed by atoms with Gasteiger partial charge >= 0.3 is 0 Å². The zero-order valence-corrected chi connectivity index (χ0v) is 14.4. The van der Waals surface area contributed by atoms with Gasteiger partial charge in [-0.25, -0.2) is 0 Å². The molecule has 1 aromatic carbocycles. The van der Waals surface area contributed by atoms with Crippen molar-refractivity contribution < 1.29 is 4.79 Å². The molecule has 2 saturated carbocycles. The number of thioether (sulfide) groups is 1. The highest BCUT2D eigenvalue weighted by Crippen LogP contribution is 2.48. The lowest BCUT2D eigenvalue weighted by molar-refractivity contribution is -0.136. The number of hydrogen-bond donors (Lipinski definition) is 1. The van der Waals surface area contributed by atoms with Crippen molar-refractivity contribution >= 4 is 17.7 Å². The number of carbonyl (C=O) groups excluding carboxylic acids is 1. The van der Waals surface area contributed by atoms with E-state index in [-0.39, 0.29) is 12.0 Å². The largest absolute Gasteiger partial charge is 0.342 e. The van der Waals surface area contributed by atoms with Crippen molar-refractivity contribution in [3.8, 4) is 0 Å². The topological polar surface area (TPSA) is 46.3 Å². The fourth-order valence-electron chi connectivity index (χ4n) is 4.81. The molecule has 3 fully saturated rings. The number of nitrogens with zero attached hydrogens (tertiary/aromatic N) is 1. The van der Waals surface area contributed by atoms with Crippen molar-refractivity contribution in [2.75, 3.05) is 18.8 Å². The van der Waals surface area contributed by atoms with Crippen LogP contribution in [-0.4, -0.2) is 35.7 Å². The standard InChI is InChI=1S/C19H26N2OS/c20-18-15-7-6-14(10-15)17(18)19(22)21-9-8-13(11-21)12-23-16-4-2-1-3-5-16/h1-5,13-15,17-18H,6-12,20H2. The van der Waals surface area contributed by atoms with Gasteiger partial charge in [-0.3, -0.25) is 4.79 Å². The van der Waals surface area contributed by atoms with Crippen LogP contribution < -0.4 is 5.73 Å². The number of hydrogen-bond acceptors (Lipinski definition) is 3. The van der Waals surface area contributed by atoms with Crippen molar-refractivity contribution in [2.45, 2.75) is 36.6 Å². The molecule has 3 nitrogen and oxygen atoms in total. The number of likely N-dealkylation sites (tertiary alicyclic amines) is 1. The van der Waals surface area contributed by atoms with Gasteiger partial charge in [-0.1, -0.05) is 18.2 Å². The molecule has 1 amide bonds. The lowest BCUT2D eigenvalue weighted by atomic mass is 9.84. The molecule has 3 aliphatic rings. The predicted octanol–water partition coefficient (Wildman–Crippen LogP) is 3.00. The van der Waals surface area contributed by atoms with Gasteiger partial charge in [-0.15, -0.1) is 11.8 Å². The highest BCUT2D eigenvalue weighted by atomic mass is 32.2. The average molecular weight is 330 g/mol. The third-order valence-electron chi connectivity index (χ3n) is 6.09. The van der Waals surface area contributed by atoms with Crippen LogP contribution in [0.25, 0.3) is 0 Å². The van der Waals surface area contributed by atoms with Gasteiger partial charge in [0.15, 0.2) is 0 Å². The summed E-state index contributed by atoms with van der Waals surface area (Å²) in [6.07, 6.45) is 4.79. The Balaban J connectivity index is 1.31. The lowest BCUT2D eigenvalue weighted by Gasteiger charge is -2.30. The van der Waals surface area contributed by atoms with Crippen LogP contribution in [0.3, 0.4) is 0 Å². The summed E-state index contributed by atoms with van der Waals surface area (Å²) in [7, 11) is 0. The van der Waals surface area contributed by atoms with E-state index in [1.165, 1.54) is 24.2 Å². The molecular formula is C19H26N2OS. The van der Waals surface area contributed by atoms with Crippen LogP contribution >= 0.6 is 11.8 Å². The van der Waals surface area contributed by atoms with Gasteiger partial charge in [0.2, 0.25) is 5.91 Å². The maximum Gasteiger partial charge on any atom is 0.227 e. The molecule has 4 rings (SSSR count). The van der Waals surface area contributed by atoms with E-state index in [1.807, 2.05) is 11.8 Å². The summed E-state index contributed by atoms with van der Waals surface area (Å²) in [6.45, 7) is 1.86. The summed E-state index contributed by atoms with van der Waals surface area (Å²) in [5, 5.41) is 0. The summed E-state index contributed by atoms with van der Waals surface area (Å²) >= 11 is 1.91. The fraction of sp³-hybridized carbons (Fsp3) is 0.632. The predicted molar refractivity (Wildman–Crippen MR) is 94.1 cm³/mol. The Hall–Kier alpha value is -1.00. The second-order valence-electron chi connectivity index (χ2n) is 7.50. The van der Waals surface area contributed by atoms with E-state index in [0.717, 1.165) is 25.3 Å². The van der Waals surface area contributed by atoms with Gasteiger partial charge in [0.25, 0.3) is 0 Å². The van der Waals surface area contributed by atoms with Crippen molar-refractivity contribution in [3.63, 3.8) is 0 Å². The molecule has 1 aromatic rings. The van der Waals surface area contributed by atoms with Gasteiger partial charge in [-0.2, -0.15) is 0 Å². The van der Waals surface area contributed by atoms with Gasteiger partial charge in [0.1, 0.15) is 0 Å². The fourth-order valence-corrected chi connectivity index (χ4v) is 5.86. The molecule has 23 heavy (non-hydrogen) atoms. The summed E-state index contributed by atoms with van der Waals surface area (Å²) in [4.78, 5) is 16.3. The zero-order valence-electron chi connectivity index (χ0n) is 13.6. The lowest BCUT2D eigenvalue weighted by Crippen LogP contribution is -2.46. The van der Waals surface area contributed by atoms with Crippen molar-refractivity contribution in [1.29, 1.82) is 0 Å². The number of benzene rings is 1. The molecule has 0 radical (unpaired) electrons. The van der Waals surface area contributed by atoms with Crippen LogP contribution in [0, 0.1) is 23.7 Å². The molecule has 124 valence electrons. The average Bonchev–Trinajstić information content (AvgIpc) is 3.29. The van der Waals surface area contributed by atoms with E-state index in [1.54, 1.807) is 0 Å². The van der Waals surface area contributed by atoms with Gasteiger partial charge in [0.05, 0.1) is 5.92 Å². The van der Waals surface area contributed by atoms with Crippen LogP contribution in [0.4, 0.5) is 0 Å². The summed E-state index contributed by atoms with van der Waals surface area (Å²) < 4.78 is 0. The molecule has 1 aliphatic heterocycles. The number of nitrogens with two attached hydrogens (primary N) is 1. The third-order valence-corrected chi connectivity index (χ3v) is 7.34. The summed E-state index contributed by atoms with van der Waals surface area (Å²) in [5.41, 5.74) is 6.35. The SMILES string of the molecule is NC1C2CCC(C2)C1C(=O)N1CCC(CSc2ccccc2)C1. The normalized spacial score (nSPS) is 35.9. The van der Waals surface area contributed by atoms with Gasteiger partial charge in [0, 0.05) is 29.8 Å². The molecule has 2 N–H and O–H groups in total. The first kappa shape index (κ1) is 15.5. The van der Waals surface area contributed by atoms with Crippen LogP contribution in [0.15, 0.2) is 35.2 Å². The van der Waals surface area contributed by atoms with Gasteiger partial charge in [-0.05, 0) is 55.6 Å². The Bertz CT molecular complexity index is 562. The zero-order chi connectivity index (χ0) is 15.8. The molecule has 4 heteroatoms. The Morgan fingerprint density at radius 1 is 1.17 bits per heavy atom. The maximum atomic E-state index is 12.9. The first-order chi connectivity index (χ1) is 11.2. The minimum absolute atomic E-state index is 0.120. The molecule has 5 atom stereocenters. The first-order valence-electron chi connectivity index (χ1n) is 8.94. The minimum Gasteiger partial charge on any atom is -0.342 e. The monoisotopic (exact) mass is 330 g/mol. The Morgan fingerprint density at radius 3 is 2.70 bits per heavy atom. The number of amides is 1. The highest BCUT2D eigenvalue weighted by molar-refractivity contribution is 7.99. The van der Waals surface area contributed by atoms with E-state index >= 15 is 0 Å². The second-order valence-corrected chi connectivity index (χ2v) is 8.59. The Kier molecular flexibility index (Phi) is 4.37. The smallest absolute Gasteiger partial charge is 0.227 e. The van der Waals surface area contributed by atoms with Crippen LogP contribution in [0.5, 0.6) is 0 Å². The number of fused-ring (bicyclic) bond motifs is 2. The first-order valence-corrected chi connectivity index (χ1v) is 9.93. The Morgan fingerprint density at radius 2 is 1.96 bits per heavy atom. The highest BCUT2D eigenvalue weighted by Gasteiger charge is 2.50. The van der Waals surface area contributed by atoms with E-state index < -0.39 is 0 Å². The molecule has 1 saturated heterocycles. The molecule has 2 aliphatic carbocycles. The van der Waals surface area contributed by atoms with Crippen LogP contribution in [0.1, 0.15) is 25.7 Å². The van der Waals surface area contributed by atoms with Crippen LogP contribution in [-0.2, 0) is 4.79 Å². The van der Waals surface area contributed by atoms with E-state index in [0.29, 0.717) is 23.7 Å². The van der Waals surface area contributed by atoms with E-state index in [4.69, 9.17) is 5.73 Å². The van der Waals surface area contributed by atoms with E-state index in [2.05, 4.69) is 35.2 Å². The van der Waals surface area contributed by atoms with Crippen molar-refractivity contribution in [2.24, 2.45) is 29.4 Å². The quantitative estimate of drug-likeness (QED) is 0.863. The van der Waals surface area contributed by atoms with Crippen molar-refractivity contribution in [3.05, 3.63) is 30.3 Å².